The van der Waals surface area contributed by atoms with Crippen molar-refractivity contribution in [1.29, 1.82) is 0 Å². The molecule has 23 heavy (non-hydrogen) atoms. The van der Waals surface area contributed by atoms with E-state index in [1.807, 2.05) is 30.3 Å². The summed E-state index contributed by atoms with van der Waals surface area (Å²) in [7, 11) is 0. The van der Waals surface area contributed by atoms with Crippen LogP contribution in [0.5, 0.6) is 0 Å². The third-order valence-electron chi connectivity index (χ3n) is 4.74. The van der Waals surface area contributed by atoms with Gasteiger partial charge in [-0.15, -0.1) is 0 Å². The van der Waals surface area contributed by atoms with E-state index in [4.69, 9.17) is 4.74 Å². The van der Waals surface area contributed by atoms with Crippen molar-refractivity contribution >= 4 is 5.78 Å². The van der Waals surface area contributed by atoms with Crippen LogP contribution in [0, 0.1) is 11.8 Å². The first-order chi connectivity index (χ1) is 11.1. The SMILES string of the molecule is O=C1C(O)OC2CC(O)C(C=C[C@H](O)CCc3ccccc3)C12. The van der Waals surface area contributed by atoms with Crippen LogP contribution in [0.2, 0.25) is 0 Å². The first-order valence-corrected chi connectivity index (χ1v) is 8.02. The Hall–Kier alpha value is -1.53. The Morgan fingerprint density at radius 1 is 1.26 bits per heavy atom. The standard InChI is InChI=1S/C18H22O5/c19-12(7-6-11-4-2-1-3-5-11)8-9-13-14(20)10-15-16(13)17(21)18(22)23-15/h1-5,8-9,12-16,18-20,22H,6-7,10H2/t12-,13?,14?,15?,16?,18?/m1/s1. The molecule has 124 valence electrons. The van der Waals surface area contributed by atoms with Crippen molar-refractivity contribution in [3.63, 3.8) is 0 Å². The summed E-state index contributed by atoms with van der Waals surface area (Å²) >= 11 is 0. The second kappa shape index (κ2) is 6.93. The fraction of sp³-hybridized carbons (Fsp3) is 0.500. The molecule has 3 rings (SSSR count). The maximum atomic E-state index is 11.9. The highest BCUT2D eigenvalue weighted by atomic mass is 16.6. The van der Waals surface area contributed by atoms with Gasteiger partial charge in [0.1, 0.15) is 0 Å². The van der Waals surface area contributed by atoms with Crippen LogP contribution < -0.4 is 0 Å². The number of aliphatic hydroxyl groups excluding tert-OH is 3. The highest BCUT2D eigenvalue weighted by Crippen LogP contribution is 2.41. The lowest BCUT2D eigenvalue weighted by molar-refractivity contribution is -0.145. The van der Waals surface area contributed by atoms with Gasteiger partial charge in [0.15, 0.2) is 5.78 Å². The van der Waals surface area contributed by atoms with Gasteiger partial charge in [0.05, 0.1) is 24.2 Å². The molecule has 5 nitrogen and oxygen atoms in total. The van der Waals surface area contributed by atoms with Crippen LogP contribution in [-0.2, 0) is 16.0 Å². The van der Waals surface area contributed by atoms with E-state index in [0.29, 0.717) is 12.8 Å². The van der Waals surface area contributed by atoms with Crippen molar-refractivity contribution in [1.82, 2.24) is 0 Å². The zero-order valence-corrected chi connectivity index (χ0v) is 12.8. The Bertz CT molecular complexity index is 570. The highest BCUT2D eigenvalue weighted by Gasteiger charge is 2.53. The molecule has 0 spiro atoms. The Balaban J connectivity index is 1.57. The average molecular weight is 318 g/mol. The summed E-state index contributed by atoms with van der Waals surface area (Å²) < 4.78 is 5.16. The molecule has 0 aromatic heterocycles. The van der Waals surface area contributed by atoms with Gasteiger partial charge in [0.25, 0.3) is 0 Å². The number of ether oxygens (including phenoxy) is 1. The van der Waals surface area contributed by atoms with E-state index >= 15 is 0 Å². The van der Waals surface area contributed by atoms with Crippen molar-refractivity contribution in [2.75, 3.05) is 0 Å². The summed E-state index contributed by atoms with van der Waals surface area (Å²) in [4.78, 5) is 11.9. The van der Waals surface area contributed by atoms with E-state index in [1.165, 1.54) is 0 Å². The Labute approximate surface area is 135 Å². The molecule has 1 heterocycles. The van der Waals surface area contributed by atoms with Crippen LogP contribution in [0.25, 0.3) is 0 Å². The quantitative estimate of drug-likeness (QED) is 0.700. The van der Waals surface area contributed by atoms with Crippen LogP contribution >= 0.6 is 0 Å². The predicted molar refractivity (Wildman–Crippen MR) is 83.4 cm³/mol. The fourth-order valence-corrected chi connectivity index (χ4v) is 3.50. The molecule has 5 heteroatoms. The van der Waals surface area contributed by atoms with Crippen molar-refractivity contribution in [2.24, 2.45) is 11.8 Å². The first-order valence-electron chi connectivity index (χ1n) is 8.02. The van der Waals surface area contributed by atoms with E-state index in [2.05, 4.69) is 0 Å². The van der Waals surface area contributed by atoms with E-state index in [9.17, 15) is 20.1 Å². The van der Waals surface area contributed by atoms with Crippen LogP contribution in [0.15, 0.2) is 42.5 Å². The third kappa shape index (κ3) is 3.53. The molecule has 0 radical (unpaired) electrons. The van der Waals surface area contributed by atoms with Gasteiger partial charge in [0.2, 0.25) is 6.29 Å². The van der Waals surface area contributed by atoms with Gasteiger partial charge in [0, 0.05) is 12.3 Å². The molecule has 2 fully saturated rings. The average Bonchev–Trinajstić information content (AvgIpc) is 2.99. The summed E-state index contributed by atoms with van der Waals surface area (Å²) in [5.74, 6) is -1.30. The van der Waals surface area contributed by atoms with Gasteiger partial charge in [-0.3, -0.25) is 4.79 Å². The fourth-order valence-electron chi connectivity index (χ4n) is 3.50. The minimum Gasteiger partial charge on any atom is -0.392 e. The number of rotatable bonds is 5. The largest absolute Gasteiger partial charge is 0.392 e. The molecule has 1 aromatic carbocycles. The van der Waals surface area contributed by atoms with Crippen LogP contribution in [0.1, 0.15) is 18.4 Å². The molecule has 2 aliphatic rings. The van der Waals surface area contributed by atoms with E-state index in [1.54, 1.807) is 12.2 Å². The molecule has 3 N–H and O–H groups in total. The Kier molecular flexibility index (Phi) is 4.92. The first kappa shape index (κ1) is 16.3. The van der Waals surface area contributed by atoms with Gasteiger partial charge in [-0.05, 0) is 18.4 Å². The third-order valence-corrected chi connectivity index (χ3v) is 4.74. The number of aliphatic hydroxyl groups is 3. The second-order valence-corrected chi connectivity index (χ2v) is 6.31. The second-order valence-electron chi connectivity index (χ2n) is 6.31. The number of ketones is 1. The molecular formula is C18H22O5. The summed E-state index contributed by atoms with van der Waals surface area (Å²) in [5, 5.41) is 29.6. The van der Waals surface area contributed by atoms with Crippen molar-refractivity contribution in [3.05, 3.63) is 48.0 Å². The number of fused-ring (bicyclic) bond motifs is 1. The minimum absolute atomic E-state index is 0.336. The topological polar surface area (TPSA) is 87.0 Å². The van der Waals surface area contributed by atoms with Gasteiger partial charge in [-0.2, -0.15) is 0 Å². The lowest BCUT2D eigenvalue weighted by Crippen LogP contribution is -2.27. The van der Waals surface area contributed by atoms with Crippen LogP contribution in [0.3, 0.4) is 0 Å². The van der Waals surface area contributed by atoms with Crippen LogP contribution in [0.4, 0.5) is 0 Å². The van der Waals surface area contributed by atoms with E-state index in [-0.39, 0.29) is 5.78 Å². The van der Waals surface area contributed by atoms with Crippen molar-refractivity contribution < 1.29 is 24.9 Å². The number of benzene rings is 1. The summed E-state index contributed by atoms with van der Waals surface area (Å²) in [6.45, 7) is 0. The summed E-state index contributed by atoms with van der Waals surface area (Å²) in [5.41, 5.74) is 1.16. The maximum Gasteiger partial charge on any atom is 0.216 e. The van der Waals surface area contributed by atoms with Gasteiger partial charge < -0.3 is 20.1 Å². The number of hydrogen-bond acceptors (Lipinski definition) is 5. The zero-order chi connectivity index (χ0) is 16.4. The molecular weight excluding hydrogens is 296 g/mol. The van der Waals surface area contributed by atoms with Crippen molar-refractivity contribution in [3.8, 4) is 0 Å². The lowest BCUT2D eigenvalue weighted by Gasteiger charge is -2.16. The molecule has 1 saturated heterocycles. The van der Waals surface area contributed by atoms with Gasteiger partial charge >= 0.3 is 0 Å². The normalized spacial score (nSPS) is 34.9. The van der Waals surface area contributed by atoms with Crippen LogP contribution in [-0.4, -0.2) is 45.7 Å². The molecule has 1 aliphatic carbocycles. The summed E-state index contributed by atoms with van der Waals surface area (Å²) in [6, 6.07) is 9.90. The minimum atomic E-state index is -1.38. The highest BCUT2D eigenvalue weighted by molar-refractivity contribution is 5.87. The Morgan fingerprint density at radius 3 is 2.74 bits per heavy atom. The molecule has 1 aromatic rings. The Morgan fingerprint density at radius 2 is 2.00 bits per heavy atom. The molecule has 1 saturated carbocycles. The zero-order valence-electron chi connectivity index (χ0n) is 12.8. The van der Waals surface area contributed by atoms with E-state index < -0.39 is 36.4 Å². The smallest absolute Gasteiger partial charge is 0.216 e. The summed E-state index contributed by atoms with van der Waals surface area (Å²) in [6.07, 6.45) is 1.88. The number of hydrogen-bond donors (Lipinski definition) is 3. The molecule has 0 bridgehead atoms. The van der Waals surface area contributed by atoms with Gasteiger partial charge in [-0.1, -0.05) is 42.5 Å². The predicted octanol–water partition coefficient (Wildman–Crippen LogP) is 0.820. The lowest BCUT2D eigenvalue weighted by atomic mass is 9.90. The monoisotopic (exact) mass is 318 g/mol. The maximum absolute atomic E-state index is 11.9. The number of Topliss-reactive ketones (excluding diaryl/α,β-unsaturated/α-hetero) is 1. The number of carbonyl (C=O) groups is 1. The molecule has 6 atom stereocenters. The molecule has 0 amide bonds. The van der Waals surface area contributed by atoms with Gasteiger partial charge in [-0.25, -0.2) is 0 Å². The number of aryl methyl sites for hydroxylation is 1. The van der Waals surface area contributed by atoms with Crippen molar-refractivity contribution in [2.45, 2.75) is 43.9 Å². The molecule has 1 aliphatic heterocycles. The molecule has 5 unspecified atom stereocenters. The number of carbonyl (C=O) groups excluding carboxylic acids is 1. The van der Waals surface area contributed by atoms with E-state index in [0.717, 1.165) is 12.0 Å².